The van der Waals surface area contributed by atoms with Gasteiger partial charge in [-0.25, -0.2) is 4.98 Å². The van der Waals surface area contributed by atoms with Gasteiger partial charge in [0.15, 0.2) is 0 Å². The summed E-state index contributed by atoms with van der Waals surface area (Å²) in [4.78, 5) is 19.2. The van der Waals surface area contributed by atoms with E-state index in [1.165, 1.54) is 11.3 Å². The molecule has 16 heavy (non-hydrogen) atoms. The van der Waals surface area contributed by atoms with E-state index in [1.54, 1.807) is 5.51 Å². The summed E-state index contributed by atoms with van der Waals surface area (Å²) < 4.78 is 0. The van der Waals surface area contributed by atoms with Crippen molar-refractivity contribution in [1.82, 2.24) is 15.2 Å². The zero-order chi connectivity index (χ0) is 11.5. The van der Waals surface area contributed by atoms with Crippen molar-refractivity contribution in [2.24, 2.45) is 0 Å². The van der Waals surface area contributed by atoms with Crippen LogP contribution < -0.4 is 5.32 Å². The van der Waals surface area contributed by atoms with Crippen LogP contribution in [0.3, 0.4) is 0 Å². The van der Waals surface area contributed by atoms with Crippen LogP contribution in [0.2, 0.25) is 0 Å². The molecule has 0 aliphatic carbocycles. The van der Waals surface area contributed by atoms with E-state index in [-0.39, 0.29) is 5.91 Å². The molecule has 0 unspecified atom stereocenters. The Morgan fingerprint density at radius 2 is 2.56 bits per heavy atom. The molecule has 0 aromatic carbocycles. The van der Waals surface area contributed by atoms with Crippen LogP contribution in [0.5, 0.6) is 0 Å². The Balaban J connectivity index is 2.12. The minimum Gasteiger partial charge on any atom is -0.335 e. The fourth-order valence-electron chi connectivity index (χ4n) is 1.96. The molecule has 2 rings (SSSR count). The van der Waals surface area contributed by atoms with Gasteiger partial charge in [0.1, 0.15) is 4.88 Å². The van der Waals surface area contributed by atoms with Crippen molar-refractivity contribution in [2.75, 3.05) is 19.6 Å². The summed E-state index contributed by atoms with van der Waals surface area (Å²) in [5.74, 6) is 0.146. The largest absolute Gasteiger partial charge is 0.335 e. The maximum absolute atomic E-state index is 12.3. The molecule has 1 N–H and O–H groups in total. The lowest BCUT2D eigenvalue weighted by atomic mass is 10.2. The molecule has 1 aromatic rings. The molecule has 2 heterocycles. The number of rotatable bonds is 2. The first-order valence-electron chi connectivity index (χ1n) is 5.67. The van der Waals surface area contributed by atoms with E-state index in [1.807, 2.05) is 11.8 Å². The molecule has 0 radical (unpaired) electrons. The van der Waals surface area contributed by atoms with E-state index in [4.69, 9.17) is 0 Å². The quantitative estimate of drug-likeness (QED) is 0.842. The third kappa shape index (κ3) is 2.25. The number of thiazole rings is 1. The van der Waals surface area contributed by atoms with Gasteiger partial charge in [0.05, 0.1) is 11.2 Å². The first kappa shape index (κ1) is 11.5. The van der Waals surface area contributed by atoms with Crippen molar-refractivity contribution < 1.29 is 4.79 Å². The predicted octanol–water partition coefficient (Wildman–Crippen LogP) is 1.14. The van der Waals surface area contributed by atoms with Gasteiger partial charge in [-0.3, -0.25) is 4.79 Å². The van der Waals surface area contributed by atoms with Crippen LogP contribution in [0, 0.1) is 0 Å². The molecule has 0 bridgehead atoms. The van der Waals surface area contributed by atoms with E-state index in [2.05, 4.69) is 17.2 Å². The minimum absolute atomic E-state index is 0.146. The molecule has 4 nitrogen and oxygen atoms in total. The van der Waals surface area contributed by atoms with E-state index in [0.717, 1.165) is 36.6 Å². The Morgan fingerprint density at radius 1 is 1.75 bits per heavy atom. The number of aromatic nitrogens is 1. The van der Waals surface area contributed by atoms with Crippen molar-refractivity contribution >= 4 is 17.2 Å². The normalized spacial score (nSPS) is 21.1. The van der Waals surface area contributed by atoms with Gasteiger partial charge in [-0.2, -0.15) is 0 Å². The number of nitrogens with one attached hydrogen (secondary N) is 1. The molecule has 1 aliphatic heterocycles. The highest BCUT2D eigenvalue weighted by Gasteiger charge is 2.24. The molecule has 0 saturated carbocycles. The lowest BCUT2D eigenvalue weighted by Crippen LogP contribution is -2.51. The van der Waals surface area contributed by atoms with Crippen LogP contribution in [0.1, 0.15) is 29.2 Å². The summed E-state index contributed by atoms with van der Waals surface area (Å²) in [6.07, 6.45) is 0.826. The van der Waals surface area contributed by atoms with E-state index < -0.39 is 0 Å². The van der Waals surface area contributed by atoms with Crippen LogP contribution in [0.15, 0.2) is 5.51 Å². The summed E-state index contributed by atoms with van der Waals surface area (Å²) >= 11 is 1.45. The first-order chi connectivity index (χ1) is 7.72. The minimum atomic E-state index is 0.146. The molecule has 5 heteroatoms. The number of amides is 1. The molecular weight excluding hydrogens is 222 g/mol. The average Bonchev–Trinajstić information content (AvgIpc) is 2.76. The Labute approximate surface area is 99.7 Å². The van der Waals surface area contributed by atoms with Crippen LogP contribution in [0.25, 0.3) is 0 Å². The van der Waals surface area contributed by atoms with E-state index in [0.29, 0.717) is 6.04 Å². The van der Waals surface area contributed by atoms with Crippen molar-refractivity contribution in [1.29, 1.82) is 0 Å². The summed E-state index contributed by atoms with van der Waals surface area (Å²) in [5.41, 5.74) is 2.69. The predicted molar refractivity (Wildman–Crippen MR) is 64.9 cm³/mol. The van der Waals surface area contributed by atoms with Crippen LogP contribution >= 0.6 is 11.3 Å². The van der Waals surface area contributed by atoms with Gasteiger partial charge in [0.25, 0.3) is 5.91 Å². The molecule has 88 valence electrons. The molecule has 0 spiro atoms. The lowest BCUT2D eigenvalue weighted by Gasteiger charge is -2.31. The third-order valence-electron chi connectivity index (χ3n) is 2.83. The summed E-state index contributed by atoms with van der Waals surface area (Å²) in [5, 5.41) is 3.33. The molecule has 1 fully saturated rings. The fourth-order valence-corrected chi connectivity index (χ4v) is 2.80. The number of piperazine rings is 1. The third-order valence-corrected chi connectivity index (χ3v) is 3.68. The SMILES string of the molecule is CCc1ncsc1C(=O)N1CCN[C@H](C)C1. The van der Waals surface area contributed by atoms with Crippen molar-refractivity contribution in [3.8, 4) is 0 Å². The lowest BCUT2D eigenvalue weighted by molar-refractivity contribution is 0.0712. The van der Waals surface area contributed by atoms with Gasteiger partial charge in [-0.15, -0.1) is 11.3 Å². The van der Waals surface area contributed by atoms with E-state index >= 15 is 0 Å². The van der Waals surface area contributed by atoms with Crippen LogP contribution in [-0.2, 0) is 6.42 Å². The molecule has 1 aliphatic rings. The Bertz CT molecular complexity index is 377. The van der Waals surface area contributed by atoms with Gasteiger partial charge in [0.2, 0.25) is 0 Å². The molecule has 1 amide bonds. The van der Waals surface area contributed by atoms with Gasteiger partial charge in [0, 0.05) is 25.7 Å². The number of carbonyl (C=O) groups excluding carboxylic acids is 1. The Hall–Kier alpha value is -0.940. The topological polar surface area (TPSA) is 45.2 Å². The zero-order valence-electron chi connectivity index (χ0n) is 9.69. The number of aryl methyl sites for hydroxylation is 1. The highest BCUT2D eigenvalue weighted by Crippen LogP contribution is 2.17. The van der Waals surface area contributed by atoms with Crippen molar-refractivity contribution in [3.05, 3.63) is 16.1 Å². The highest BCUT2D eigenvalue weighted by molar-refractivity contribution is 7.11. The second kappa shape index (κ2) is 4.93. The van der Waals surface area contributed by atoms with Crippen molar-refractivity contribution in [2.45, 2.75) is 26.3 Å². The van der Waals surface area contributed by atoms with Crippen LogP contribution in [0.4, 0.5) is 0 Å². The van der Waals surface area contributed by atoms with Gasteiger partial charge in [-0.1, -0.05) is 6.92 Å². The standard InChI is InChI=1S/C11H17N3OS/c1-3-9-10(16-7-13-9)11(15)14-5-4-12-8(2)6-14/h7-8,12H,3-6H2,1-2H3/t8-/m1/s1. The molecule has 1 saturated heterocycles. The average molecular weight is 239 g/mol. The number of carbonyl (C=O) groups is 1. The Morgan fingerprint density at radius 3 is 3.25 bits per heavy atom. The second-order valence-electron chi connectivity index (χ2n) is 4.09. The number of hydrogen-bond acceptors (Lipinski definition) is 4. The number of nitrogens with zero attached hydrogens (tertiary/aromatic N) is 2. The highest BCUT2D eigenvalue weighted by atomic mass is 32.1. The fraction of sp³-hybridized carbons (Fsp3) is 0.636. The summed E-state index contributed by atoms with van der Waals surface area (Å²) in [6.45, 7) is 6.61. The molecule has 1 atom stereocenters. The van der Waals surface area contributed by atoms with Crippen LogP contribution in [-0.4, -0.2) is 41.5 Å². The maximum atomic E-state index is 12.3. The number of hydrogen-bond donors (Lipinski definition) is 1. The molecule has 1 aromatic heterocycles. The van der Waals surface area contributed by atoms with Gasteiger partial charge < -0.3 is 10.2 Å². The smallest absolute Gasteiger partial charge is 0.265 e. The van der Waals surface area contributed by atoms with Crippen molar-refractivity contribution in [3.63, 3.8) is 0 Å². The van der Waals surface area contributed by atoms with E-state index in [9.17, 15) is 4.79 Å². The first-order valence-corrected chi connectivity index (χ1v) is 6.55. The monoisotopic (exact) mass is 239 g/mol. The van der Waals surface area contributed by atoms with Gasteiger partial charge >= 0.3 is 0 Å². The molecular formula is C11H17N3OS. The zero-order valence-corrected chi connectivity index (χ0v) is 10.5. The summed E-state index contributed by atoms with van der Waals surface area (Å²) in [7, 11) is 0. The Kier molecular flexibility index (Phi) is 3.56. The second-order valence-corrected chi connectivity index (χ2v) is 4.94. The summed E-state index contributed by atoms with van der Waals surface area (Å²) in [6, 6.07) is 0.385. The maximum Gasteiger partial charge on any atom is 0.265 e. The van der Waals surface area contributed by atoms with Gasteiger partial charge in [-0.05, 0) is 13.3 Å².